The van der Waals surface area contributed by atoms with Gasteiger partial charge in [0, 0.05) is 12.2 Å². The third-order valence-corrected chi connectivity index (χ3v) is 4.55. The highest BCUT2D eigenvalue weighted by Gasteiger charge is 2.29. The van der Waals surface area contributed by atoms with Crippen molar-refractivity contribution in [1.29, 1.82) is 5.26 Å². The summed E-state index contributed by atoms with van der Waals surface area (Å²) < 4.78 is 30.4. The lowest BCUT2D eigenvalue weighted by Crippen LogP contribution is -2.41. The molecule has 0 saturated heterocycles. The van der Waals surface area contributed by atoms with E-state index in [0.29, 0.717) is 0 Å². The second-order valence-electron chi connectivity index (χ2n) is 4.21. The van der Waals surface area contributed by atoms with E-state index in [0.717, 1.165) is 10.5 Å². The van der Waals surface area contributed by atoms with Crippen molar-refractivity contribution in [3.05, 3.63) is 24.0 Å². The van der Waals surface area contributed by atoms with E-state index in [1.165, 1.54) is 19.2 Å². The van der Waals surface area contributed by atoms with Gasteiger partial charge in [0.1, 0.15) is 23.2 Å². The molecule has 1 aromatic heterocycles. The smallest absolute Gasteiger partial charge is 0.321 e. The Morgan fingerprint density at radius 1 is 1.50 bits per heavy atom. The fourth-order valence-electron chi connectivity index (χ4n) is 1.47. The third kappa shape index (κ3) is 3.53. The molecule has 0 aliphatic carbocycles. The van der Waals surface area contributed by atoms with Crippen LogP contribution < -0.4 is 0 Å². The second kappa shape index (κ2) is 6.45. The quantitative estimate of drug-likeness (QED) is 0.735. The summed E-state index contributed by atoms with van der Waals surface area (Å²) in [5.74, 6) is -0.649. The summed E-state index contributed by atoms with van der Waals surface area (Å²) >= 11 is 0. The van der Waals surface area contributed by atoms with Gasteiger partial charge in [-0.1, -0.05) is 0 Å². The van der Waals surface area contributed by atoms with Crippen LogP contribution in [0.1, 0.15) is 19.5 Å². The number of pyridine rings is 1. The van der Waals surface area contributed by atoms with E-state index in [-0.39, 0.29) is 17.1 Å². The monoisotopic (exact) mass is 297 g/mol. The molecule has 0 amide bonds. The number of esters is 1. The zero-order valence-corrected chi connectivity index (χ0v) is 12.2. The van der Waals surface area contributed by atoms with E-state index in [1.54, 1.807) is 19.9 Å². The van der Waals surface area contributed by atoms with Crippen molar-refractivity contribution in [3.63, 3.8) is 0 Å². The Morgan fingerprint density at radius 2 is 2.15 bits per heavy atom. The van der Waals surface area contributed by atoms with Crippen LogP contribution in [0.3, 0.4) is 0 Å². The molecule has 8 heteroatoms. The maximum Gasteiger partial charge on any atom is 0.321 e. The van der Waals surface area contributed by atoms with Crippen LogP contribution in [0, 0.1) is 11.3 Å². The van der Waals surface area contributed by atoms with E-state index in [4.69, 9.17) is 5.26 Å². The summed E-state index contributed by atoms with van der Waals surface area (Å²) in [5, 5.41) is 8.65. The topological polar surface area (TPSA) is 100 Å². The highest BCUT2D eigenvalue weighted by molar-refractivity contribution is 7.89. The standard InChI is InChI=1S/C12H15N3O4S/c1-9(2)15(8-12(16)19-3)20(17,18)11-5-4-10(6-13)14-7-11/h4-5,7,9H,8H2,1-3H3. The fraction of sp³-hybridized carbons (Fsp3) is 0.417. The Balaban J connectivity index is 3.16. The molecule has 1 rings (SSSR count). The lowest BCUT2D eigenvalue weighted by atomic mass is 10.4. The lowest BCUT2D eigenvalue weighted by Gasteiger charge is -2.24. The number of ether oxygens (including phenoxy) is 1. The predicted octanol–water partition coefficient (Wildman–Crippen LogP) is 0.525. The van der Waals surface area contributed by atoms with Crippen LogP contribution in [0.15, 0.2) is 23.2 Å². The Labute approximate surface area is 117 Å². The van der Waals surface area contributed by atoms with Gasteiger partial charge in [0.25, 0.3) is 0 Å². The van der Waals surface area contributed by atoms with E-state index in [9.17, 15) is 13.2 Å². The number of nitrogens with zero attached hydrogens (tertiary/aromatic N) is 3. The number of hydrogen-bond acceptors (Lipinski definition) is 6. The number of carbonyl (C=O) groups excluding carboxylic acids is 1. The summed E-state index contributed by atoms with van der Waals surface area (Å²) in [5.41, 5.74) is 0.119. The highest BCUT2D eigenvalue weighted by atomic mass is 32.2. The second-order valence-corrected chi connectivity index (χ2v) is 6.10. The molecule has 0 spiro atoms. The molecule has 0 fully saturated rings. The molecule has 20 heavy (non-hydrogen) atoms. The van der Waals surface area contributed by atoms with Crippen LogP contribution in [0.25, 0.3) is 0 Å². The lowest BCUT2D eigenvalue weighted by molar-refractivity contribution is -0.141. The van der Waals surface area contributed by atoms with Gasteiger partial charge in [-0.2, -0.15) is 9.57 Å². The minimum absolute atomic E-state index is 0.0749. The maximum absolute atomic E-state index is 12.4. The van der Waals surface area contributed by atoms with Crippen LogP contribution in [0.2, 0.25) is 0 Å². The molecule has 0 bridgehead atoms. The first-order valence-electron chi connectivity index (χ1n) is 5.77. The van der Waals surface area contributed by atoms with Crippen molar-refractivity contribution in [1.82, 2.24) is 9.29 Å². The molecular formula is C12H15N3O4S. The Kier molecular flexibility index (Phi) is 5.19. The molecule has 0 aliphatic rings. The Morgan fingerprint density at radius 3 is 2.55 bits per heavy atom. The molecule has 108 valence electrons. The molecule has 1 aromatic rings. The van der Waals surface area contributed by atoms with Crippen molar-refractivity contribution in [3.8, 4) is 6.07 Å². The number of sulfonamides is 1. The van der Waals surface area contributed by atoms with Gasteiger partial charge in [-0.3, -0.25) is 4.79 Å². The molecule has 0 N–H and O–H groups in total. The summed E-state index contributed by atoms with van der Waals surface area (Å²) in [7, 11) is -2.68. The minimum atomic E-state index is -3.87. The number of methoxy groups -OCH3 is 1. The van der Waals surface area contributed by atoms with E-state index in [1.807, 2.05) is 0 Å². The van der Waals surface area contributed by atoms with Gasteiger partial charge in [0.05, 0.1) is 7.11 Å². The van der Waals surface area contributed by atoms with Gasteiger partial charge >= 0.3 is 5.97 Å². The van der Waals surface area contributed by atoms with Crippen LogP contribution in [0.5, 0.6) is 0 Å². The molecule has 0 atom stereocenters. The van der Waals surface area contributed by atoms with E-state index < -0.39 is 22.0 Å². The zero-order chi connectivity index (χ0) is 15.3. The van der Waals surface area contributed by atoms with E-state index >= 15 is 0 Å². The summed E-state index contributed by atoms with van der Waals surface area (Å²) in [6.07, 6.45) is 1.10. The molecule has 0 unspecified atom stereocenters. The first-order chi connectivity index (χ1) is 9.32. The van der Waals surface area contributed by atoms with E-state index in [2.05, 4.69) is 9.72 Å². The maximum atomic E-state index is 12.4. The van der Waals surface area contributed by atoms with Gasteiger partial charge in [-0.05, 0) is 26.0 Å². The predicted molar refractivity (Wildman–Crippen MR) is 70.0 cm³/mol. The molecule has 0 aromatic carbocycles. The Bertz CT molecular complexity index is 617. The summed E-state index contributed by atoms with van der Waals surface area (Å²) in [4.78, 5) is 15.0. The van der Waals surface area contributed by atoms with Gasteiger partial charge in [-0.25, -0.2) is 13.4 Å². The molecule has 1 heterocycles. The van der Waals surface area contributed by atoms with Crippen LogP contribution in [-0.4, -0.2) is 43.4 Å². The number of hydrogen-bond donors (Lipinski definition) is 0. The van der Waals surface area contributed by atoms with Crippen LogP contribution >= 0.6 is 0 Å². The van der Waals surface area contributed by atoms with Crippen molar-refractivity contribution >= 4 is 16.0 Å². The minimum Gasteiger partial charge on any atom is -0.468 e. The zero-order valence-electron chi connectivity index (χ0n) is 11.4. The highest BCUT2D eigenvalue weighted by Crippen LogP contribution is 2.17. The average molecular weight is 297 g/mol. The van der Waals surface area contributed by atoms with Crippen molar-refractivity contribution in [2.24, 2.45) is 0 Å². The first kappa shape index (κ1) is 16.1. The largest absolute Gasteiger partial charge is 0.468 e. The van der Waals surface area contributed by atoms with Gasteiger partial charge in [0.2, 0.25) is 10.0 Å². The van der Waals surface area contributed by atoms with Gasteiger partial charge in [0.15, 0.2) is 0 Å². The summed E-state index contributed by atoms with van der Waals surface area (Å²) in [6, 6.07) is 3.98. The SMILES string of the molecule is COC(=O)CN(C(C)C)S(=O)(=O)c1ccc(C#N)nc1. The molecule has 7 nitrogen and oxygen atoms in total. The number of aromatic nitrogens is 1. The molecule has 0 saturated carbocycles. The van der Waals surface area contributed by atoms with Gasteiger partial charge < -0.3 is 4.74 Å². The molecule has 0 aliphatic heterocycles. The third-order valence-electron chi connectivity index (χ3n) is 2.55. The molecule has 0 radical (unpaired) electrons. The van der Waals surface area contributed by atoms with Crippen LogP contribution in [-0.2, 0) is 19.6 Å². The normalized spacial score (nSPS) is 11.4. The van der Waals surface area contributed by atoms with Crippen molar-refractivity contribution in [2.45, 2.75) is 24.8 Å². The number of rotatable bonds is 5. The van der Waals surface area contributed by atoms with Crippen molar-refractivity contribution in [2.75, 3.05) is 13.7 Å². The average Bonchev–Trinajstić information content (AvgIpc) is 2.43. The van der Waals surface area contributed by atoms with Crippen molar-refractivity contribution < 1.29 is 17.9 Å². The van der Waals surface area contributed by atoms with Gasteiger partial charge in [-0.15, -0.1) is 0 Å². The summed E-state index contributed by atoms with van der Waals surface area (Å²) in [6.45, 7) is 2.92. The number of nitriles is 1. The van der Waals surface area contributed by atoms with Crippen LogP contribution in [0.4, 0.5) is 0 Å². The Hall–Kier alpha value is -1.98. The first-order valence-corrected chi connectivity index (χ1v) is 7.21. The number of carbonyl (C=O) groups is 1. The fourth-order valence-corrected chi connectivity index (χ4v) is 3.00. The molecular weight excluding hydrogens is 282 g/mol.